The van der Waals surface area contributed by atoms with E-state index in [1.807, 2.05) is 6.07 Å². The summed E-state index contributed by atoms with van der Waals surface area (Å²) in [6, 6.07) is 3.59. The van der Waals surface area contributed by atoms with Gasteiger partial charge in [0.05, 0.1) is 0 Å². The van der Waals surface area contributed by atoms with Gasteiger partial charge in [-0.15, -0.1) is 0 Å². The maximum absolute atomic E-state index is 8.61. The fraction of sp³-hybridized carbons (Fsp3) is 0.143. The molecule has 0 aromatic carbocycles. The van der Waals surface area contributed by atoms with E-state index in [0.29, 0.717) is 0 Å². The fourth-order valence-electron chi connectivity index (χ4n) is 0.783. The number of nitrogen functional groups attached to an aromatic ring is 1. The Morgan fingerprint density at radius 3 is 2.31 bits per heavy atom. The molecular formula is C7H6N6. The van der Waals surface area contributed by atoms with Gasteiger partial charge >= 0.3 is 0 Å². The summed E-state index contributed by atoms with van der Waals surface area (Å²) in [5, 5.41) is 19.8. The van der Waals surface area contributed by atoms with Gasteiger partial charge in [0.25, 0.3) is 0 Å². The van der Waals surface area contributed by atoms with Crippen molar-refractivity contribution in [3.63, 3.8) is 0 Å². The van der Waals surface area contributed by atoms with Crippen molar-refractivity contribution < 1.29 is 0 Å². The second-order valence-electron chi connectivity index (χ2n) is 2.13. The molecule has 3 N–H and O–H groups in total. The third-order valence-corrected chi connectivity index (χ3v) is 1.37. The molecular weight excluding hydrogens is 168 g/mol. The number of nitriles is 2. The largest absolute Gasteiger partial charge is 0.381 e. The molecule has 64 valence electrons. The average Bonchev–Trinajstić information content (AvgIpc) is 2.17. The highest BCUT2D eigenvalue weighted by molar-refractivity contribution is 5.55. The molecule has 0 spiro atoms. The van der Waals surface area contributed by atoms with E-state index in [0.717, 1.165) is 0 Å². The molecule has 6 nitrogen and oxygen atoms in total. The molecule has 0 radical (unpaired) electrons. The number of hydrogen-bond acceptors (Lipinski definition) is 6. The lowest BCUT2D eigenvalue weighted by Gasteiger charge is -2.02. The molecule has 0 unspecified atom stereocenters. The molecule has 0 aliphatic carbocycles. The molecule has 0 saturated heterocycles. The zero-order valence-electron chi connectivity index (χ0n) is 6.87. The van der Waals surface area contributed by atoms with Crippen molar-refractivity contribution in [2.24, 2.45) is 0 Å². The van der Waals surface area contributed by atoms with Gasteiger partial charge in [0.15, 0.2) is 23.0 Å². The van der Waals surface area contributed by atoms with Gasteiger partial charge in [-0.25, -0.2) is 9.97 Å². The van der Waals surface area contributed by atoms with Crippen LogP contribution in [0.3, 0.4) is 0 Å². The normalized spacial score (nSPS) is 8.54. The first kappa shape index (κ1) is 8.75. The van der Waals surface area contributed by atoms with Crippen molar-refractivity contribution in [3.05, 3.63) is 11.4 Å². The van der Waals surface area contributed by atoms with Crippen LogP contribution in [-0.4, -0.2) is 17.0 Å². The fourth-order valence-corrected chi connectivity index (χ4v) is 0.783. The van der Waals surface area contributed by atoms with Crippen LogP contribution in [0, 0.1) is 22.7 Å². The zero-order valence-corrected chi connectivity index (χ0v) is 6.87. The molecule has 1 heterocycles. The molecule has 0 bridgehead atoms. The molecule has 0 amide bonds. The van der Waals surface area contributed by atoms with Gasteiger partial charge in [0.1, 0.15) is 12.1 Å². The highest BCUT2D eigenvalue weighted by Crippen LogP contribution is 2.12. The Kier molecular flexibility index (Phi) is 2.27. The van der Waals surface area contributed by atoms with Crippen LogP contribution in [0.25, 0.3) is 0 Å². The summed E-state index contributed by atoms with van der Waals surface area (Å²) in [6.07, 6.45) is 0. The second kappa shape index (κ2) is 3.37. The number of nitrogens with one attached hydrogen (secondary N) is 1. The molecule has 0 aliphatic rings. The number of aromatic nitrogens is 2. The standard InChI is InChI=1S/C7H6N6/c1-11-7-5(3-9)12-6(10)4(2-8)13-7/h1H3,(H2,10,12)(H,11,13). The maximum Gasteiger partial charge on any atom is 0.185 e. The zero-order chi connectivity index (χ0) is 9.84. The smallest absolute Gasteiger partial charge is 0.185 e. The van der Waals surface area contributed by atoms with Crippen LogP contribution in [0.2, 0.25) is 0 Å². The highest BCUT2D eigenvalue weighted by Gasteiger charge is 2.09. The van der Waals surface area contributed by atoms with Gasteiger partial charge in [0.2, 0.25) is 0 Å². The van der Waals surface area contributed by atoms with Gasteiger partial charge in [-0.1, -0.05) is 0 Å². The van der Waals surface area contributed by atoms with E-state index >= 15 is 0 Å². The number of hydrogen-bond donors (Lipinski definition) is 2. The summed E-state index contributed by atoms with van der Waals surface area (Å²) in [4.78, 5) is 7.50. The Labute approximate surface area is 74.6 Å². The van der Waals surface area contributed by atoms with Crippen molar-refractivity contribution in [2.45, 2.75) is 0 Å². The van der Waals surface area contributed by atoms with Crippen molar-refractivity contribution in [1.82, 2.24) is 9.97 Å². The third kappa shape index (κ3) is 1.47. The Bertz CT molecular complexity index is 410. The number of nitrogens with two attached hydrogens (primary N) is 1. The van der Waals surface area contributed by atoms with Crippen LogP contribution in [0.5, 0.6) is 0 Å². The van der Waals surface area contributed by atoms with Crippen LogP contribution in [0.15, 0.2) is 0 Å². The minimum Gasteiger partial charge on any atom is -0.381 e. The van der Waals surface area contributed by atoms with Crippen molar-refractivity contribution in [3.8, 4) is 12.1 Å². The van der Waals surface area contributed by atoms with Crippen molar-refractivity contribution in [2.75, 3.05) is 18.1 Å². The van der Waals surface area contributed by atoms with E-state index in [1.54, 1.807) is 13.1 Å². The minimum absolute atomic E-state index is 0.0170. The van der Waals surface area contributed by atoms with Gasteiger partial charge in [-0.3, -0.25) is 0 Å². The van der Waals surface area contributed by atoms with Gasteiger partial charge in [-0.2, -0.15) is 10.5 Å². The molecule has 1 aromatic heterocycles. The number of rotatable bonds is 1. The number of nitrogens with zero attached hydrogens (tertiary/aromatic N) is 4. The molecule has 0 fully saturated rings. The summed E-state index contributed by atoms with van der Waals surface area (Å²) in [5.41, 5.74) is 5.46. The minimum atomic E-state index is -0.0296. The summed E-state index contributed by atoms with van der Waals surface area (Å²) in [6.45, 7) is 0. The first-order chi connectivity index (χ1) is 6.22. The third-order valence-electron chi connectivity index (χ3n) is 1.37. The molecule has 0 saturated carbocycles. The highest BCUT2D eigenvalue weighted by atomic mass is 15.0. The summed E-state index contributed by atoms with van der Waals surface area (Å²) in [7, 11) is 1.59. The van der Waals surface area contributed by atoms with Gasteiger partial charge in [-0.05, 0) is 0 Å². The number of anilines is 2. The van der Waals surface area contributed by atoms with E-state index in [9.17, 15) is 0 Å². The topological polar surface area (TPSA) is 111 Å². The lowest BCUT2D eigenvalue weighted by molar-refractivity contribution is 1.14. The molecule has 1 aromatic rings. The van der Waals surface area contributed by atoms with Crippen LogP contribution < -0.4 is 11.1 Å². The van der Waals surface area contributed by atoms with Crippen molar-refractivity contribution in [1.29, 1.82) is 10.5 Å². The van der Waals surface area contributed by atoms with Crippen LogP contribution >= 0.6 is 0 Å². The van der Waals surface area contributed by atoms with Crippen LogP contribution in [0.4, 0.5) is 11.6 Å². The Morgan fingerprint density at radius 2 is 1.85 bits per heavy atom. The average molecular weight is 174 g/mol. The van der Waals surface area contributed by atoms with Crippen LogP contribution in [0.1, 0.15) is 11.4 Å². The lowest BCUT2D eigenvalue weighted by Crippen LogP contribution is -2.05. The summed E-state index contributed by atoms with van der Waals surface area (Å²) < 4.78 is 0. The monoisotopic (exact) mass is 174 g/mol. The Morgan fingerprint density at radius 1 is 1.23 bits per heavy atom. The predicted octanol–water partition coefficient (Wildman–Crippen LogP) is -0.156. The quantitative estimate of drug-likeness (QED) is 0.612. The summed E-state index contributed by atoms with van der Waals surface area (Å²) >= 11 is 0. The first-order valence-electron chi connectivity index (χ1n) is 3.38. The van der Waals surface area contributed by atoms with Crippen LogP contribution in [-0.2, 0) is 0 Å². The van der Waals surface area contributed by atoms with Crippen molar-refractivity contribution >= 4 is 11.6 Å². The van der Waals surface area contributed by atoms with Gasteiger partial charge in [0, 0.05) is 7.05 Å². The lowest BCUT2D eigenvalue weighted by atomic mass is 10.3. The maximum atomic E-state index is 8.61. The van der Waals surface area contributed by atoms with E-state index in [2.05, 4.69) is 15.3 Å². The van der Waals surface area contributed by atoms with E-state index in [-0.39, 0.29) is 23.0 Å². The van der Waals surface area contributed by atoms with E-state index < -0.39 is 0 Å². The first-order valence-corrected chi connectivity index (χ1v) is 3.38. The molecule has 0 atom stereocenters. The molecule has 0 aliphatic heterocycles. The Hall–Kier alpha value is -2.34. The van der Waals surface area contributed by atoms with E-state index in [4.69, 9.17) is 16.3 Å². The summed E-state index contributed by atoms with van der Waals surface area (Å²) in [5.74, 6) is 0.228. The van der Waals surface area contributed by atoms with Gasteiger partial charge < -0.3 is 11.1 Å². The second-order valence-corrected chi connectivity index (χ2v) is 2.13. The predicted molar refractivity (Wildman–Crippen MR) is 45.4 cm³/mol. The molecule has 1 rings (SSSR count). The molecule has 13 heavy (non-hydrogen) atoms. The SMILES string of the molecule is CNc1nc(C#N)c(N)nc1C#N. The Balaban J connectivity index is 3.39. The molecule has 6 heteroatoms. The van der Waals surface area contributed by atoms with E-state index in [1.165, 1.54) is 0 Å².